The van der Waals surface area contributed by atoms with Gasteiger partial charge in [0.25, 0.3) is 0 Å². The van der Waals surface area contributed by atoms with Gasteiger partial charge in [-0.2, -0.15) is 0 Å². The summed E-state index contributed by atoms with van der Waals surface area (Å²) in [6.07, 6.45) is 0. The van der Waals surface area contributed by atoms with E-state index in [1.807, 2.05) is 66.7 Å². The number of benzene rings is 3. The second-order valence-corrected chi connectivity index (χ2v) is 6.67. The number of hydrogen-bond acceptors (Lipinski definition) is 3. The van der Waals surface area contributed by atoms with Crippen LogP contribution in [0.1, 0.15) is 5.56 Å². The van der Waals surface area contributed by atoms with Gasteiger partial charge in [0.05, 0.1) is 23.7 Å². The summed E-state index contributed by atoms with van der Waals surface area (Å²) in [5.41, 5.74) is 3.84. The average Bonchev–Trinajstić information content (AvgIpc) is 3.11. The van der Waals surface area contributed by atoms with E-state index in [0.29, 0.717) is 18.1 Å². The van der Waals surface area contributed by atoms with E-state index in [1.165, 1.54) is 0 Å². The number of rotatable bonds is 5. The van der Waals surface area contributed by atoms with Crippen LogP contribution in [0.4, 0.5) is 0 Å². The molecule has 0 spiro atoms. The maximum atomic E-state index is 6.16. The quantitative estimate of drug-likeness (QED) is 0.468. The number of nitrogens with zero attached hydrogens (tertiary/aromatic N) is 1. The number of halogens is 1. The lowest BCUT2D eigenvalue weighted by Crippen LogP contribution is -2.00. The Bertz CT molecular complexity index is 1030. The second kappa shape index (κ2) is 7.22. The molecule has 130 valence electrons. The first-order chi connectivity index (χ1) is 12.8. The molecule has 0 fully saturated rings. The topological polar surface area (TPSA) is 47.1 Å². The molecular formula is C21H17BrN2O2. The summed E-state index contributed by atoms with van der Waals surface area (Å²) >= 11 is 3.56. The van der Waals surface area contributed by atoms with Gasteiger partial charge < -0.3 is 14.5 Å². The second-order valence-electron chi connectivity index (χ2n) is 5.82. The number of para-hydroxylation sites is 3. The molecule has 4 rings (SSSR count). The van der Waals surface area contributed by atoms with Gasteiger partial charge in [0.1, 0.15) is 12.4 Å². The largest absolute Gasteiger partial charge is 0.493 e. The minimum atomic E-state index is 0.426. The minimum absolute atomic E-state index is 0.426. The van der Waals surface area contributed by atoms with Crippen molar-refractivity contribution in [1.82, 2.24) is 9.97 Å². The molecule has 26 heavy (non-hydrogen) atoms. The van der Waals surface area contributed by atoms with Crippen LogP contribution < -0.4 is 9.47 Å². The van der Waals surface area contributed by atoms with Crippen LogP contribution >= 0.6 is 15.9 Å². The number of nitrogens with one attached hydrogen (secondary N) is 1. The van der Waals surface area contributed by atoms with E-state index in [1.54, 1.807) is 7.11 Å². The highest BCUT2D eigenvalue weighted by molar-refractivity contribution is 9.10. The molecule has 0 radical (unpaired) electrons. The van der Waals surface area contributed by atoms with E-state index >= 15 is 0 Å². The fourth-order valence-corrected chi connectivity index (χ4v) is 3.26. The molecule has 4 nitrogen and oxygen atoms in total. The van der Waals surface area contributed by atoms with Crippen LogP contribution in [0.3, 0.4) is 0 Å². The highest BCUT2D eigenvalue weighted by Gasteiger charge is 2.16. The van der Waals surface area contributed by atoms with Crippen molar-refractivity contribution in [3.63, 3.8) is 0 Å². The molecule has 1 aromatic heterocycles. The fraction of sp³-hybridized carbons (Fsp3) is 0.0952. The fourth-order valence-electron chi connectivity index (χ4n) is 2.86. The lowest BCUT2D eigenvalue weighted by molar-refractivity contribution is 0.285. The van der Waals surface area contributed by atoms with Crippen LogP contribution in [0.25, 0.3) is 22.4 Å². The molecule has 0 atom stereocenters. The number of hydrogen-bond donors (Lipinski definition) is 1. The Morgan fingerprint density at radius 1 is 0.962 bits per heavy atom. The molecule has 0 aliphatic heterocycles. The zero-order valence-corrected chi connectivity index (χ0v) is 15.8. The van der Waals surface area contributed by atoms with Crippen LogP contribution in [0.15, 0.2) is 71.2 Å². The summed E-state index contributed by atoms with van der Waals surface area (Å²) in [5, 5.41) is 0. The van der Waals surface area contributed by atoms with E-state index in [9.17, 15) is 0 Å². The molecule has 0 aliphatic rings. The summed E-state index contributed by atoms with van der Waals surface area (Å²) in [5.74, 6) is 2.10. The summed E-state index contributed by atoms with van der Waals surface area (Å²) in [6, 6.07) is 21.8. The van der Waals surface area contributed by atoms with Gasteiger partial charge in [0.15, 0.2) is 11.5 Å². The van der Waals surface area contributed by atoms with Gasteiger partial charge >= 0.3 is 0 Å². The van der Waals surface area contributed by atoms with Crippen LogP contribution in [0, 0.1) is 0 Å². The van der Waals surface area contributed by atoms with Crippen molar-refractivity contribution in [2.45, 2.75) is 6.61 Å². The van der Waals surface area contributed by atoms with Crippen molar-refractivity contribution in [2.24, 2.45) is 0 Å². The summed E-state index contributed by atoms with van der Waals surface area (Å²) < 4.78 is 12.7. The lowest BCUT2D eigenvalue weighted by atomic mass is 10.1. The monoisotopic (exact) mass is 408 g/mol. The molecule has 0 saturated carbocycles. The molecule has 0 bridgehead atoms. The molecule has 1 N–H and O–H groups in total. The smallest absolute Gasteiger partial charge is 0.172 e. The summed E-state index contributed by atoms with van der Waals surface area (Å²) in [6.45, 7) is 0.426. The normalized spacial score (nSPS) is 10.8. The first-order valence-electron chi connectivity index (χ1n) is 8.24. The lowest BCUT2D eigenvalue weighted by Gasteiger charge is -2.14. The van der Waals surface area contributed by atoms with Crippen LogP contribution in [0.2, 0.25) is 0 Å². The Balaban J connectivity index is 1.74. The van der Waals surface area contributed by atoms with E-state index in [-0.39, 0.29) is 0 Å². The van der Waals surface area contributed by atoms with Gasteiger partial charge in [-0.25, -0.2) is 4.98 Å². The summed E-state index contributed by atoms with van der Waals surface area (Å²) in [7, 11) is 1.64. The number of aromatic amines is 1. The Morgan fingerprint density at radius 3 is 2.58 bits per heavy atom. The Labute approximate surface area is 159 Å². The number of fused-ring (bicyclic) bond motifs is 1. The standard InChI is InChI=1S/C21H17BrN2O2/c1-25-19-12-6-8-15(21-23-17-10-4-5-11-18(17)24-21)20(19)26-13-14-7-2-3-9-16(14)22/h2-12H,13H2,1H3,(H,23,24). The van der Waals surface area contributed by atoms with Crippen molar-refractivity contribution in [3.8, 4) is 22.9 Å². The number of H-pyrrole nitrogens is 1. The number of imidazole rings is 1. The Kier molecular flexibility index (Phi) is 4.63. The van der Waals surface area contributed by atoms with Gasteiger partial charge in [-0.1, -0.05) is 52.3 Å². The highest BCUT2D eigenvalue weighted by Crippen LogP contribution is 2.38. The Morgan fingerprint density at radius 2 is 1.77 bits per heavy atom. The van der Waals surface area contributed by atoms with E-state index in [0.717, 1.165) is 32.5 Å². The maximum Gasteiger partial charge on any atom is 0.172 e. The van der Waals surface area contributed by atoms with E-state index in [2.05, 4.69) is 20.9 Å². The average molecular weight is 409 g/mol. The van der Waals surface area contributed by atoms with Crippen molar-refractivity contribution >= 4 is 27.0 Å². The van der Waals surface area contributed by atoms with Gasteiger partial charge in [-0.05, 0) is 30.3 Å². The predicted molar refractivity (Wildman–Crippen MR) is 107 cm³/mol. The van der Waals surface area contributed by atoms with Crippen LogP contribution in [-0.2, 0) is 6.61 Å². The number of methoxy groups -OCH3 is 1. The third-order valence-electron chi connectivity index (χ3n) is 4.17. The van der Waals surface area contributed by atoms with Crippen molar-refractivity contribution in [3.05, 3.63) is 76.8 Å². The van der Waals surface area contributed by atoms with Crippen LogP contribution in [-0.4, -0.2) is 17.1 Å². The van der Waals surface area contributed by atoms with E-state index in [4.69, 9.17) is 14.5 Å². The van der Waals surface area contributed by atoms with E-state index < -0.39 is 0 Å². The zero-order chi connectivity index (χ0) is 17.9. The maximum absolute atomic E-state index is 6.16. The minimum Gasteiger partial charge on any atom is -0.493 e. The molecule has 0 amide bonds. The van der Waals surface area contributed by atoms with Gasteiger partial charge in [-0.3, -0.25) is 0 Å². The first kappa shape index (κ1) is 16.7. The Hall–Kier alpha value is -2.79. The zero-order valence-electron chi connectivity index (χ0n) is 14.2. The SMILES string of the molecule is COc1cccc(-c2nc3ccccc3[nH]2)c1OCc1ccccc1Br. The molecule has 4 aromatic rings. The summed E-state index contributed by atoms with van der Waals surface area (Å²) in [4.78, 5) is 8.05. The first-order valence-corrected chi connectivity index (χ1v) is 9.04. The molecule has 5 heteroatoms. The number of aromatic nitrogens is 2. The molecule has 3 aromatic carbocycles. The van der Waals surface area contributed by atoms with Crippen LogP contribution in [0.5, 0.6) is 11.5 Å². The molecule has 0 aliphatic carbocycles. The van der Waals surface area contributed by atoms with Crippen molar-refractivity contribution < 1.29 is 9.47 Å². The molecule has 0 saturated heterocycles. The predicted octanol–water partition coefficient (Wildman–Crippen LogP) is 5.58. The molecule has 0 unspecified atom stereocenters. The third-order valence-corrected chi connectivity index (χ3v) is 4.95. The van der Waals surface area contributed by atoms with Gasteiger partial charge in [0.2, 0.25) is 0 Å². The number of ether oxygens (including phenoxy) is 2. The van der Waals surface area contributed by atoms with Gasteiger partial charge in [-0.15, -0.1) is 0 Å². The molecule has 1 heterocycles. The van der Waals surface area contributed by atoms with Gasteiger partial charge in [0, 0.05) is 10.0 Å². The van der Waals surface area contributed by atoms with Crippen molar-refractivity contribution in [2.75, 3.05) is 7.11 Å². The molecular weight excluding hydrogens is 392 g/mol. The third kappa shape index (κ3) is 3.18. The highest BCUT2D eigenvalue weighted by atomic mass is 79.9. The van der Waals surface area contributed by atoms with Crippen molar-refractivity contribution in [1.29, 1.82) is 0 Å².